The maximum Gasteiger partial charge on any atom is 0.106 e. The third-order valence-corrected chi connectivity index (χ3v) is 2.94. The van der Waals surface area contributed by atoms with Gasteiger partial charge in [0.05, 0.1) is 6.61 Å². The second-order valence-electron chi connectivity index (χ2n) is 4.03. The summed E-state index contributed by atoms with van der Waals surface area (Å²) in [5, 5.41) is 9.14. The van der Waals surface area contributed by atoms with Crippen LogP contribution in [0.1, 0.15) is 18.1 Å². The minimum atomic E-state index is 0.0378. The lowest BCUT2D eigenvalue weighted by atomic mass is 10.1. The van der Waals surface area contributed by atoms with Gasteiger partial charge in [-0.15, -0.1) is 0 Å². The first kappa shape index (κ1) is 12.9. The summed E-state index contributed by atoms with van der Waals surface area (Å²) in [4.78, 5) is 2.36. The quantitative estimate of drug-likeness (QED) is 0.780. The molecule has 0 aliphatic rings. The number of thiocarbonyl (C=S) groups is 1. The number of benzene rings is 1. The third kappa shape index (κ3) is 2.71. The van der Waals surface area contributed by atoms with Gasteiger partial charge >= 0.3 is 0 Å². The molecular weight excluding hydrogens is 220 g/mol. The van der Waals surface area contributed by atoms with Gasteiger partial charge in [0.15, 0.2) is 0 Å². The number of aliphatic hydroxyl groups is 1. The van der Waals surface area contributed by atoms with E-state index in [0.29, 0.717) is 4.99 Å². The van der Waals surface area contributed by atoms with E-state index in [-0.39, 0.29) is 12.6 Å². The van der Waals surface area contributed by atoms with Gasteiger partial charge in [-0.3, -0.25) is 0 Å². The summed E-state index contributed by atoms with van der Waals surface area (Å²) in [6, 6.07) is 6.00. The summed E-state index contributed by atoms with van der Waals surface area (Å²) in [6.07, 6.45) is 0. The first-order chi connectivity index (χ1) is 7.47. The lowest BCUT2D eigenvalue weighted by Crippen LogP contribution is -2.33. The molecule has 1 unspecified atom stereocenters. The van der Waals surface area contributed by atoms with E-state index in [9.17, 15) is 0 Å². The Morgan fingerprint density at radius 2 is 2.19 bits per heavy atom. The first-order valence-corrected chi connectivity index (χ1v) is 5.62. The standard InChI is InChI=1S/C12H18N2OS/c1-8-4-5-11(10(6-8)12(13)16)14(3)9(2)7-15/h4-6,9,15H,7H2,1-3H3,(H2,13,16). The van der Waals surface area contributed by atoms with Crippen molar-refractivity contribution in [3.63, 3.8) is 0 Å². The minimum Gasteiger partial charge on any atom is -0.394 e. The molecule has 1 aromatic carbocycles. The fraction of sp³-hybridized carbons (Fsp3) is 0.417. The number of nitrogens with zero attached hydrogens (tertiary/aromatic N) is 1. The van der Waals surface area contributed by atoms with Gasteiger partial charge in [0, 0.05) is 24.3 Å². The van der Waals surface area contributed by atoms with Crippen LogP contribution in [-0.2, 0) is 0 Å². The fourth-order valence-corrected chi connectivity index (χ4v) is 1.68. The summed E-state index contributed by atoms with van der Waals surface area (Å²) in [6.45, 7) is 4.05. The number of hydrogen-bond acceptors (Lipinski definition) is 3. The summed E-state index contributed by atoms with van der Waals surface area (Å²) in [5.74, 6) is 0. The van der Waals surface area contributed by atoms with Crippen molar-refractivity contribution in [1.29, 1.82) is 0 Å². The van der Waals surface area contributed by atoms with Crippen molar-refractivity contribution >= 4 is 22.9 Å². The first-order valence-electron chi connectivity index (χ1n) is 5.21. The van der Waals surface area contributed by atoms with Gasteiger partial charge in [-0.25, -0.2) is 0 Å². The number of likely N-dealkylation sites (N-methyl/N-ethyl adjacent to an activating group) is 1. The molecule has 88 valence electrons. The summed E-state index contributed by atoms with van der Waals surface area (Å²) >= 11 is 5.04. The number of aliphatic hydroxyl groups excluding tert-OH is 1. The van der Waals surface area contributed by atoms with Crippen LogP contribution in [0.2, 0.25) is 0 Å². The largest absolute Gasteiger partial charge is 0.394 e. The van der Waals surface area contributed by atoms with Crippen molar-refractivity contribution in [2.75, 3.05) is 18.6 Å². The van der Waals surface area contributed by atoms with E-state index in [1.54, 1.807) is 0 Å². The summed E-state index contributed by atoms with van der Waals surface area (Å²) < 4.78 is 0. The van der Waals surface area contributed by atoms with Gasteiger partial charge < -0.3 is 15.7 Å². The van der Waals surface area contributed by atoms with Crippen LogP contribution >= 0.6 is 12.2 Å². The van der Waals surface area contributed by atoms with Crippen molar-refractivity contribution in [1.82, 2.24) is 0 Å². The highest BCUT2D eigenvalue weighted by molar-refractivity contribution is 7.80. The molecule has 0 heterocycles. The average Bonchev–Trinajstić information content (AvgIpc) is 2.26. The number of nitrogens with two attached hydrogens (primary N) is 1. The summed E-state index contributed by atoms with van der Waals surface area (Å²) in [5.41, 5.74) is 8.64. The van der Waals surface area contributed by atoms with Crippen molar-refractivity contribution in [2.45, 2.75) is 19.9 Å². The molecular formula is C12H18N2OS. The molecule has 0 fully saturated rings. The number of anilines is 1. The van der Waals surface area contributed by atoms with Gasteiger partial charge in [0.2, 0.25) is 0 Å². The molecule has 0 aliphatic heterocycles. The van der Waals surface area contributed by atoms with Crippen LogP contribution in [-0.4, -0.2) is 29.8 Å². The number of aryl methyl sites for hydroxylation is 1. The van der Waals surface area contributed by atoms with Crippen LogP contribution in [0.4, 0.5) is 5.69 Å². The van der Waals surface area contributed by atoms with Crippen molar-refractivity contribution in [2.24, 2.45) is 5.73 Å². The molecule has 0 spiro atoms. The number of hydrogen-bond donors (Lipinski definition) is 2. The molecule has 1 atom stereocenters. The monoisotopic (exact) mass is 238 g/mol. The summed E-state index contributed by atoms with van der Waals surface area (Å²) in [7, 11) is 1.92. The lowest BCUT2D eigenvalue weighted by molar-refractivity contribution is 0.270. The Balaban J connectivity index is 3.17. The molecule has 3 nitrogen and oxygen atoms in total. The highest BCUT2D eigenvalue weighted by Gasteiger charge is 2.14. The van der Waals surface area contributed by atoms with Crippen LogP contribution in [0.15, 0.2) is 18.2 Å². The van der Waals surface area contributed by atoms with Gasteiger partial charge in [0.25, 0.3) is 0 Å². The zero-order chi connectivity index (χ0) is 12.3. The molecule has 1 aromatic rings. The van der Waals surface area contributed by atoms with E-state index in [2.05, 4.69) is 0 Å². The zero-order valence-electron chi connectivity index (χ0n) is 9.90. The van der Waals surface area contributed by atoms with Gasteiger partial charge in [-0.1, -0.05) is 23.8 Å². The number of rotatable bonds is 4. The molecule has 0 aliphatic carbocycles. The topological polar surface area (TPSA) is 49.5 Å². The van der Waals surface area contributed by atoms with Gasteiger partial charge in [-0.05, 0) is 26.0 Å². The smallest absolute Gasteiger partial charge is 0.106 e. The van der Waals surface area contributed by atoms with Crippen LogP contribution < -0.4 is 10.6 Å². The highest BCUT2D eigenvalue weighted by atomic mass is 32.1. The normalized spacial score (nSPS) is 12.2. The second kappa shape index (κ2) is 5.27. The van der Waals surface area contributed by atoms with E-state index in [4.69, 9.17) is 23.1 Å². The maximum absolute atomic E-state index is 9.14. The SMILES string of the molecule is Cc1ccc(N(C)C(C)CO)c(C(N)=S)c1. The van der Waals surface area contributed by atoms with E-state index in [1.807, 2.05) is 44.0 Å². The van der Waals surface area contributed by atoms with Crippen LogP contribution in [0.25, 0.3) is 0 Å². The molecule has 0 saturated carbocycles. The Labute approximate surface area is 102 Å². The van der Waals surface area contributed by atoms with Crippen molar-refractivity contribution in [3.05, 3.63) is 29.3 Å². The Morgan fingerprint density at radius 3 is 2.69 bits per heavy atom. The van der Waals surface area contributed by atoms with Crippen LogP contribution in [0, 0.1) is 6.92 Å². The van der Waals surface area contributed by atoms with E-state index in [0.717, 1.165) is 16.8 Å². The molecule has 4 heteroatoms. The lowest BCUT2D eigenvalue weighted by Gasteiger charge is -2.27. The Hall–Kier alpha value is -1.13. The molecule has 16 heavy (non-hydrogen) atoms. The highest BCUT2D eigenvalue weighted by Crippen LogP contribution is 2.22. The molecule has 0 amide bonds. The zero-order valence-corrected chi connectivity index (χ0v) is 10.7. The maximum atomic E-state index is 9.14. The van der Waals surface area contributed by atoms with E-state index < -0.39 is 0 Å². The molecule has 0 radical (unpaired) electrons. The molecule has 0 bridgehead atoms. The molecule has 0 saturated heterocycles. The molecule has 0 aromatic heterocycles. The Morgan fingerprint density at radius 1 is 1.56 bits per heavy atom. The van der Waals surface area contributed by atoms with Crippen LogP contribution in [0.3, 0.4) is 0 Å². The predicted molar refractivity (Wildman–Crippen MR) is 72.0 cm³/mol. The third-order valence-electron chi connectivity index (χ3n) is 2.72. The predicted octanol–water partition coefficient (Wildman–Crippen LogP) is 1.45. The Bertz CT molecular complexity index is 393. The van der Waals surface area contributed by atoms with Crippen LogP contribution in [0.5, 0.6) is 0 Å². The van der Waals surface area contributed by atoms with E-state index >= 15 is 0 Å². The van der Waals surface area contributed by atoms with Gasteiger partial charge in [0.1, 0.15) is 4.99 Å². The van der Waals surface area contributed by atoms with Crippen molar-refractivity contribution < 1.29 is 5.11 Å². The average molecular weight is 238 g/mol. The van der Waals surface area contributed by atoms with Crippen molar-refractivity contribution in [3.8, 4) is 0 Å². The Kier molecular flexibility index (Phi) is 4.26. The molecule has 1 rings (SSSR count). The minimum absolute atomic E-state index is 0.0378. The van der Waals surface area contributed by atoms with E-state index in [1.165, 1.54) is 0 Å². The second-order valence-corrected chi connectivity index (χ2v) is 4.47. The molecule has 3 N–H and O–H groups in total. The van der Waals surface area contributed by atoms with Gasteiger partial charge in [-0.2, -0.15) is 0 Å². The fourth-order valence-electron chi connectivity index (χ4n) is 1.51.